The number of hydrogen-bond donors (Lipinski definition) is 0. The third-order valence-electron chi connectivity index (χ3n) is 11.0. The number of ether oxygens (including phenoxy) is 3. The molecule has 7 aromatic carbocycles. The van der Waals surface area contributed by atoms with Gasteiger partial charge in [-0.2, -0.15) is 0 Å². The Morgan fingerprint density at radius 1 is 0.386 bits per heavy atom. The summed E-state index contributed by atoms with van der Waals surface area (Å²) >= 11 is 0. The van der Waals surface area contributed by atoms with Gasteiger partial charge in [-0.25, -0.2) is 0 Å². The molecule has 0 saturated carbocycles. The third kappa shape index (κ3) is 9.38. The molecule has 0 aliphatic carbocycles. The van der Waals surface area contributed by atoms with Crippen LogP contribution in [-0.2, 0) is 0 Å². The molecule has 0 radical (unpaired) electrons. The fourth-order valence-electron chi connectivity index (χ4n) is 7.94. The van der Waals surface area contributed by atoms with E-state index in [9.17, 15) is 0 Å². The first-order valence-corrected chi connectivity index (χ1v) is 21.0. The van der Waals surface area contributed by atoms with Gasteiger partial charge in [0.05, 0.1) is 60.0 Å². The van der Waals surface area contributed by atoms with Crippen molar-refractivity contribution >= 4 is 43.1 Å². The first-order valence-electron chi connectivity index (χ1n) is 21.0. The van der Waals surface area contributed by atoms with E-state index in [1.54, 1.807) is 0 Å². The van der Waals surface area contributed by atoms with E-state index in [0.29, 0.717) is 19.8 Å². The molecule has 5 nitrogen and oxygen atoms in total. The second-order valence-corrected chi connectivity index (χ2v) is 17.7. The van der Waals surface area contributed by atoms with Gasteiger partial charge in [-0.15, -0.1) is 0 Å². The summed E-state index contributed by atoms with van der Waals surface area (Å²) in [6.07, 6.45) is 7.09. The third-order valence-corrected chi connectivity index (χ3v) is 11.0. The van der Waals surface area contributed by atoms with Crippen LogP contribution in [0, 0.1) is 0 Å². The Morgan fingerprint density at radius 3 is 1.14 bits per heavy atom. The minimum Gasteiger partial charge on any atom is -0.492 e. The SMILES string of the molecule is CCCCCCCCOc1c(-c2c3ccccc3cc3ccccc23)c(OCC[N+](C)(C)C)cc(OCC[N+](C)(C)C)c1-c1c2ccccc2cc2ccccc12. The summed E-state index contributed by atoms with van der Waals surface area (Å²) in [5.74, 6) is 2.41. The van der Waals surface area contributed by atoms with Crippen molar-refractivity contribution in [3.8, 4) is 39.5 Å². The quantitative estimate of drug-likeness (QED) is 0.0495. The van der Waals surface area contributed by atoms with E-state index in [0.717, 1.165) is 74.4 Å². The number of likely N-dealkylation sites (N-methyl/N-ethyl adjacent to an activating group) is 2. The zero-order valence-corrected chi connectivity index (χ0v) is 35.4. The molecule has 0 atom stereocenters. The standard InChI is InChI=1S/C52H62N2O3/c1-8-9-10-11-12-21-32-57-52-50(48-42-26-17-13-22-38(42)35-39-23-14-18-27-43(39)48)46(55-33-30-53(2,3)4)37-47(56-34-31-54(5,6)7)51(52)49-44-28-19-15-24-40(44)36-41-25-16-20-29-45(41)49/h13-20,22-29,35-37H,8-12,21,30-34H2,1-7H3/q+2. The lowest BCUT2D eigenvalue weighted by Gasteiger charge is -2.28. The van der Waals surface area contributed by atoms with Crippen molar-refractivity contribution in [1.82, 2.24) is 0 Å². The van der Waals surface area contributed by atoms with Crippen molar-refractivity contribution in [2.24, 2.45) is 0 Å². The largest absolute Gasteiger partial charge is 0.492 e. The predicted molar refractivity (Wildman–Crippen MR) is 243 cm³/mol. The van der Waals surface area contributed by atoms with Crippen molar-refractivity contribution in [2.75, 3.05) is 75.2 Å². The molecule has 0 unspecified atom stereocenters. The molecule has 5 heteroatoms. The minimum absolute atomic E-state index is 0.547. The van der Waals surface area contributed by atoms with E-state index in [1.807, 2.05) is 0 Å². The van der Waals surface area contributed by atoms with Crippen molar-refractivity contribution in [1.29, 1.82) is 0 Å². The van der Waals surface area contributed by atoms with E-state index >= 15 is 0 Å². The number of benzene rings is 7. The molecule has 0 heterocycles. The lowest BCUT2D eigenvalue weighted by atomic mass is 9.86. The average Bonchev–Trinajstić information content (AvgIpc) is 3.18. The fraction of sp³-hybridized carbons (Fsp3) is 0.346. The van der Waals surface area contributed by atoms with Gasteiger partial charge in [-0.05, 0) is 61.6 Å². The van der Waals surface area contributed by atoms with Crippen molar-refractivity contribution < 1.29 is 23.2 Å². The molecular formula is C52H62N2O3+2. The molecule has 0 spiro atoms. The van der Waals surface area contributed by atoms with Crippen LogP contribution in [0.5, 0.6) is 17.2 Å². The van der Waals surface area contributed by atoms with Crippen molar-refractivity contribution in [2.45, 2.75) is 45.4 Å². The fourth-order valence-corrected chi connectivity index (χ4v) is 7.94. The maximum absolute atomic E-state index is 7.39. The summed E-state index contributed by atoms with van der Waals surface area (Å²) in [6.45, 7) is 5.65. The second-order valence-electron chi connectivity index (χ2n) is 17.7. The topological polar surface area (TPSA) is 27.7 Å². The number of nitrogens with zero attached hydrogens (tertiary/aromatic N) is 2. The van der Waals surface area contributed by atoms with Crippen LogP contribution in [0.15, 0.2) is 115 Å². The summed E-state index contributed by atoms with van der Waals surface area (Å²) in [7, 11) is 13.3. The average molecular weight is 763 g/mol. The lowest BCUT2D eigenvalue weighted by molar-refractivity contribution is -0.870. The Hall–Kier alpha value is -5.10. The molecule has 0 bridgehead atoms. The van der Waals surface area contributed by atoms with Gasteiger partial charge in [0.2, 0.25) is 0 Å². The van der Waals surface area contributed by atoms with Crippen molar-refractivity contribution in [3.05, 3.63) is 115 Å². The second kappa shape index (κ2) is 17.6. The molecule has 0 amide bonds. The van der Waals surface area contributed by atoms with Gasteiger partial charge in [0.15, 0.2) is 0 Å². The van der Waals surface area contributed by atoms with Crippen LogP contribution in [0.3, 0.4) is 0 Å². The summed E-state index contributed by atoms with van der Waals surface area (Å²) in [5, 5.41) is 9.43. The minimum atomic E-state index is 0.547. The Labute approximate surface area is 340 Å². The highest BCUT2D eigenvalue weighted by Crippen LogP contribution is 2.55. The predicted octanol–water partition coefficient (Wildman–Crippen LogP) is 12.5. The van der Waals surface area contributed by atoms with Crippen LogP contribution in [0.1, 0.15) is 45.4 Å². The number of rotatable bonds is 18. The van der Waals surface area contributed by atoms with Crippen LogP contribution >= 0.6 is 0 Å². The number of quaternary nitrogens is 2. The van der Waals surface area contributed by atoms with Gasteiger partial charge < -0.3 is 23.2 Å². The zero-order chi connectivity index (χ0) is 40.0. The van der Waals surface area contributed by atoms with E-state index in [4.69, 9.17) is 14.2 Å². The summed E-state index contributed by atoms with van der Waals surface area (Å²) < 4.78 is 23.1. The summed E-state index contributed by atoms with van der Waals surface area (Å²) in [5.41, 5.74) is 4.24. The zero-order valence-electron chi connectivity index (χ0n) is 35.4. The Bertz CT molecular complexity index is 2200. The van der Waals surface area contributed by atoms with E-state index < -0.39 is 0 Å². The molecule has 0 fully saturated rings. The normalized spacial score (nSPS) is 12.2. The highest BCUT2D eigenvalue weighted by molar-refractivity contribution is 6.19. The monoisotopic (exact) mass is 762 g/mol. The molecule has 0 N–H and O–H groups in total. The van der Waals surface area contributed by atoms with Gasteiger partial charge in [0.1, 0.15) is 43.6 Å². The van der Waals surface area contributed by atoms with Gasteiger partial charge in [0.25, 0.3) is 0 Å². The number of unbranched alkanes of at least 4 members (excludes halogenated alkanes) is 5. The molecule has 7 aromatic rings. The van der Waals surface area contributed by atoms with Crippen LogP contribution in [0.4, 0.5) is 0 Å². The van der Waals surface area contributed by atoms with Crippen LogP contribution < -0.4 is 14.2 Å². The molecule has 296 valence electrons. The van der Waals surface area contributed by atoms with Crippen molar-refractivity contribution in [3.63, 3.8) is 0 Å². The van der Waals surface area contributed by atoms with Gasteiger partial charge in [-0.1, -0.05) is 136 Å². The number of hydrogen-bond acceptors (Lipinski definition) is 3. The Morgan fingerprint density at radius 2 is 0.754 bits per heavy atom. The maximum Gasteiger partial charge on any atom is 0.142 e. The van der Waals surface area contributed by atoms with Gasteiger partial charge >= 0.3 is 0 Å². The first kappa shape index (κ1) is 40.1. The Kier molecular flexibility index (Phi) is 12.4. The van der Waals surface area contributed by atoms with E-state index in [-0.39, 0.29) is 0 Å². The summed E-state index contributed by atoms with van der Waals surface area (Å²) in [6, 6.07) is 41.8. The van der Waals surface area contributed by atoms with Crippen LogP contribution in [-0.4, -0.2) is 84.2 Å². The van der Waals surface area contributed by atoms with E-state index in [2.05, 4.69) is 164 Å². The molecule has 57 heavy (non-hydrogen) atoms. The Balaban J connectivity index is 1.59. The van der Waals surface area contributed by atoms with Gasteiger partial charge in [0, 0.05) is 17.2 Å². The maximum atomic E-state index is 7.39. The first-order chi connectivity index (χ1) is 27.5. The highest BCUT2D eigenvalue weighted by atomic mass is 16.5. The summed E-state index contributed by atoms with van der Waals surface area (Å²) in [4.78, 5) is 0. The van der Waals surface area contributed by atoms with Crippen LogP contribution in [0.2, 0.25) is 0 Å². The molecule has 0 aromatic heterocycles. The lowest BCUT2D eigenvalue weighted by Crippen LogP contribution is -2.38. The molecule has 0 aliphatic rings. The van der Waals surface area contributed by atoms with Gasteiger partial charge in [-0.3, -0.25) is 0 Å². The highest BCUT2D eigenvalue weighted by Gasteiger charge is 2.29. The molecule has 7 rings (SSSR count). The van der Waals surface area contributed by atoms with E-state index in [1.165, 1.54) is 68.8 Å². The number of fused-ring (bicyclic) bond motifs is 4. The smallest absolute Gasteiger partial charge is 0.142 e. The molecule has 0 saturated heterocycles. The van der Waals surface area contributed by atoms with Crippen LogP contribution in [0.25, 0.3) is 65.3 Å². The molecule has 0 aliphatic heterocycles. The molecular weight excluding hydrogens is 701 g/mol.